The summed E-state index contributed by atoms with van der Waals surface area (Å²) >= 11 is 5.90. The molecule has 120 valence electrons. The van der Waals surface area contributed by atoms with Crippen LogP contribution in [0.2, 0.25) is 5.02 Å². The van der Waals surface area contributed by atoms with Gasteiger partial charge >= 0.3 is 0 Å². The largest absolute Gasteiger partial charge is 0.290 e. The van der Waals surface area contributed by atoms with E-state index in [-0.39, 0.29) is 5.78 Å². The predicted molar refractivity (Wildman–Crippen MR) is 94.2 cm³/mol. The standard InChI is InChI=1S/C20H18ClN2O/c21-17-10-8-16(9-11-17)19(24)14-22-13-18(15-5-2-1-3-6-15)23-12-4-7-20(22)23/h1-3,5-6,8-11,13H,4,7,12,14H2/q+1. The summed E-state index contributed by atoms with van der Waals surface area (Å²) in [5.41, 5.74) is 3.08. The minimum absolute atomic E-state index is 0.108. The van der Waals surface area contributed by atoms with Gasteiger partial charge in [0.15, 0.2) is 12.2 Å². The summed E-state index contributed by atoms with van der Waals surface area (Å²) in [5.74, 6) is 1.34. The van der Waals surface area contributed by atoms with E-state index in [9.17, 15) is 4.79 Å². The highest BCUT2D eigenvalue weighted by Gasteiger charge is 2.29. The maximum absolute atomic E-state index is 12.6. The molecular weight excluding hydrogens is 320 g/mol. The van der Waals surface area contributed by atoms with Crippen LogP contribution in [0.1, 0.15) is 22.6 Å². The van der Waals surface area contributed by atoms with E-state index in [4.69, 9.17) is 11.6 Å². The number of Topliss-reactive ketones (excluding diaryl/α,β-unsaturated/α-hetero) is 1. The van der Waals surface area contributed by atoms with Crippen LogP contribution >= 0.6 is 11.6 Å². The Balaban J connectivity index is 1.67. The molecule has 0 spiro atoms. The van der Waals surface area contributed by atoms with Crippen LogP contribution in [0.25, 0.3) is 11.3 Å². The maximum atomic E-state index is 12.6. The normalized spacial score (nSPS) is 13.0. The van der Waals surface area contributed by atoms with Gasteiger partial charge in [-0.05, 0) is 30.7 Å². The Morgan fingerprint density at radius 3 is 2.58 bits per heavy atom. The van der Waals surface area contributed by atoms with Crippen LogP contribution in [0.4, 0.5) is 0 Å². The van der Waals surface area contributed by atoms with Crippen LogP contribution in [0.3, 0.4) is 0 Å². The highest BCUT2D eigenvalue weighted by Crippen LogP contribution is 2.24. The van der Waals surface area contributed by atoms with E-state index in [1.54, 1.807) is 24.3 Å². The lowest BCUT2D eigenvalue weighted by Gasteiger charge is -2.00. The van der Waals surface area contributed by atoms with Crippen molar-refractivity contribution in [2.75, 3.05) is 0 Å². The van der Waals surface area contributed by atoms with Crippen molar-refractivity contribution in [3.05, 3.63) is 77.2 Å². The van der Waals surface area contributed by atoms with Crippen molar-refractivity contribution in [3.8, 4) is 11.3 Å². The van der Waals surface area contributed by atoms with Crippen molar-refractivity contribution in [3.63, 3.8) is 0 Å². The van der Waals surface area contributed by atoms with Gasteiger partial charge < -0.3 is 0 Å². The number of carbonyl (C=O) groups excluding carboxylic acids is 1. The lowest BCUT2D eigenvalue weighted by molar-refractivity contribution is -0.689. The number of nitrogens with zero attached hydrogens (tertiary/aromatic N) is 2. The molecule has 0 fully saturated rings. The van der Waals surface area contributed by atoms with Gasteiger partial charge in [0.25, 0.3) is 5.82 Å². The lowest BCUT2D eigenvalue weighted by Crippen LogP contribution is -2.40. The summed E-state index contributed by atoms with van der Waals surface area (Å²) in [4.78, 5) is 12.6. The molecule has 0 aliphatic carbocycles. The van der Waals surface area contributed by atoms with Crippen LogP contribution in [-0.2, 0) is 19.5 Å². The molecule has 0 radical (unpaired) electrons. The Bertz CT molecular complexity index is 882. The fourth-order valence-electron chi connectivity index (χ4n) is 3.37. The topological polar surface area (TPSA) is 25.9 Å². The molecule has 4 rings (SSSR count). The minimum atomic E-state index is 0.108. The number of hydrogen-bond acceptors (Lipinski definition) is 1. The van der Waals surface area contributed by atoms with Gasteiger partial charge in [0.05, 0.1) is 13.0 Å². The van der Waals surface area contributed by atoms with Crippen LogP contribution < -0.4 is 4.57 Å². The van der Waals surface area contributed by atoms with Crippen molar-refractivity contribution in [1.82, 2.24) is 4.57 Å². The van der Waals surface area contributed by atoms with Crippen LogP contribution in [0.15, 0.2) is 60.8 Å². The zero-order chi connectivity index (χ0) is 16.5. The molecule has 0 unspecified atom stereocenters. The first-order chi connectivity index (χ1) is 11.7. The number of aromatic nitrogens is 2. The quantitative estimate of drug-likeness (QED) is 0.523. The summed E-state index contributed by atoms with van der Waals surface area (Å²) in [6.07, 6.45) is 4.25. The van der Waals surface area contributed by atoms with E-state index in [0.29, 0.717) is 17.1 Å². The Morgan fingerprint density at radius 1 is 1.08 bits per heavy atom. The Kier molecular flexibility index (Phi) is 3.95. The van der Waals surface area contributed by atoms with Gasteiger partial charge in [0.1, 0.15) is 6.20 Å². The molecule has 0 saturated carbocycles. The van der Waals surface area contributed by atoms with Gasteiger partial charge in [-0.3, -0.25) is 4.79 Å². The molecule has 1 aliphatic heterocycles. The van der Waals surface area contributed by atoms with Gasteiger partial charge in [-0.15, -0.1) is 0 Å². The Hall–Kier alpha value is -2.39. The van der Waals surface area contributed by atoms with Gasteiger partial charge in [-0.25, -0.2) is 9.13 Å². The lowest BCUT2D eigenvalue weighted by atomic mass is 10.1. The molecule has 4 heteroatoms. The predicted octanol–water partition coefficient (Wildman–Crippen LogP) is 3.93. The maximum Gasteiger partial charge on any atom is 0.257 e. The molecule has 0 amide bonds. The number of halogens is 1. The van der Waals surface area contributed by atoms with Crippen molar-refractivity contribution in [1.29, 1.82) is 0 Å². The third-order valence-electron chi connectivity index (χ3n) is 4.54. The van der Waals surface area contributed by atoms with Gasteiger partial charge in [0.2, 0.25) is 5.78 Å². The van der Waals surface area contributed by atoms with E-state index < -0.39 is 0 Å². The average molecular weight is 338 g/mol. The summed E-state index contributed by atoms with van der Waals surface area (Å²) in [5, 5.41) is 0.648. The number of rotatable bonds is 4. The first kappa shape index (κ1) is 15.2. The molecule has 0 N–H and O–H groups in total. The zero-order valence-corrected chi connectivity index (χ0v) is 14.0. The molecule has 3 nitrogen and oxygen atoms in total. The number of carbonyl (C=O) groups is 1. The first-order valence-electron chi connectivity index (χ1n) is 8.18. The fourth-order valence-corrected chi connectivity index (χ4v) is 3.49. The molecule has 24 heavy (non-hydrogen) atoms. The Morgan fingerprint density at radius 2 is 1.83 bits per heavy atom. The van der Waals surface area contributed by atoms with Crippen molar-refractivity contribution in [2.24, 2.45) is 0 Å². The van der Waals surface area contributed by atoms with E-state index in [1.165, 1.54) is 17.1 Å². The van der Waals surface area contributed by atoms with E-state index in [2.05, 4.69) is 27.5 Å². The molecule has 3 aromatic rings. The summed E-state index contributed by atoms with van der Waals surface area (Å²) in [6.45, 7) is 1.38. The second kappa shape index (κ2) is 6.25. The molecule has 0 atom stereocenters. The van der Waals surface area contributed by atoms with Crippen molar-refractivity contribution >= 4 is 17.4 Å². The van der Waals surface area contributed by atoms with Crippen molar-refractivity contribution < 1.29 is 9.36 Å². The number of imidazole rings is 1. The smallest absolute Gasteiger partial charge is 0.257 e. The average Bonchev–Trinajstić information content (AvgIpc) is 3.20. The number of benzene rings is 2. The third-order valence-corrected chi connectivity index (χ3v) is 4.80. The van der Waals surface area contributed by atoms with E-state index in [1.807, 2.05) is 18.2 Å². The molecule has 2 aromatic carbocycles. The van der Waals surface area contributed by atoms with E-state index >= 15 is 0 Å². The third kappa shape index (κ3) is 2.76. The highest BCUT2D eigenvalue weighted by atomic mass is 35.5. The van der Waals surface area contributed by atoms with Gasteiger partial charge in [0, 0.05) is 16.1 Å². The summed E-state index contributed by atoms with van der Waals surface area (Å²) < 4.78 is 4.44. The summed E-state index contributed by atoms with van der Waals surface area (Å²) in [6, 6.07) is 17.5. The van der Waals surface area contributed by atoms with Crippen LogP contribution in [0, 0.1) is 0 Å². The van der Waals surface area contributed by atoms with Crippen molar-refractivity contribution in [2.45, 2.75) is 25.9 Å². The second-order valence-electron chi connectivity index (χ2n) is 6.11. The number of hydrogen-bond donors (Lipinski definition) is 0. The minimum Gasteiger partial charge on any atom is -0.290 e. The molecule has 0 bridgehead atoms. The Labute approximate surface area is 146 Å². The summed E-state index contributed by atoms with van der Waals surface area (Å²) in [7, 11) is 0. The molecule has 2 heterocycles. The zero-order valence-electron chi connectivity index (χ0n) is 13.3. The monoisotopic (exact) mass is 337 g/mol. The fraction of sp³-hybridized carbons (Fsp3) is 0.200. The molecule has 1 aliphatic rings. The van der Waals surface area contributed by atoms with Crippen LogP contribution in [-0.4, -0.2) is 10.4 Å². The van der Waals surface area contributed by atoms with Gasteiger partial charge in [-0.1, -0.05) is 41.9 Å². The second-order valence-corrected chi connectivity index (χ2v) is 6.55. The first-order valence-corrected chi connectivity index (χ1v) is 8.56. The molecule has 0 saturated heterocycles. The van der Waals surface area contributed by atoms with Gasteiger partial charge in [-0.2, -0.15) is 0 Å². The molecular formula is C20H18ClN2O+. The van der Waals surface area contributed by atoms with Crippen LogP contribution in [0.5, 0.6) is 0 Å². The number of fused-ring (bicyclic) bond motifs is 1. The SMILES string of the molecule is O=C(C[n+]1cc(-c2ccccc2)n2c1CCC2)c1ccc(Cl)cc1. The number of ketones is 1. The van der Waals surface area contributed by atoms with E-state index in [0.717, 1.165) is 19.4 Å². The highest BCUT2D eigenvalue weighted by molar-refractivity contribution is 6.30. The molecule has 1 aromatic heterocycles.